The lowest BCUT2D eigenvalue weighted by molar-refractivity contribution is -0.785. The van der Waals surface area contributed by atoms with Gasteiger partial charge in [0.25, 0.3) is 0 Å². The Kier molecular flexibility index (Phi) is 4.44. The molecule has 0 spiro atoms. The van der Waals surface area contributed by atoms with Crippen LogP contribution in [-0.4, -0.2) is 44.7 Å². The average Bonchev–Trinajstić information content (AvgIpc) is 3.03. The number of hydrogen-bond donors (Lipinski definition) is 1. The van der Waals surface area contributed by atoms with Gasteiger partial charge in [0.15, 0.2) is 0 Å². The lowest BCUT2D eigenvalue weighted by Crippen LogP contribution is -2.51. The van der Waals surface area contributed by atoms with Crippen LogP contribution in [0.1, 0.15) is 30.0 Å². The number of amides is 2. The van der Waals surface area contributed by atoms with Crippen molar-refractivity contribution in [3.63, 3.8) is 0 Å². The Morgan fingerprint density at radius 2 is 1.85 bits per heavy atom. The van der Waals surface area contributed by atoms with E-state index in [-0.39, 0.29) is 16.6 Å². The van der Waals surface area contributed by atoms with Crippen molar-refractivity contribution in [3.05, 3.63) is 53.6 Å². The molecule has 142 valence electrons. The Morgan fingerprint density at radius 1 is 1.11 bits per heavy atom. The summed E-state index contributed by atoms with van der Waals surface area (Å²) < 4.78 is 0.252. The maximum atomic E-state index is 13.6. The lowest BCUT2D eigenvalue weighted by atomic mass is 9.96. The number of urea groups is 1. The summed E-state index contributed by atoms with van der Waals surface area (Å²) in [5, 5.41) is 0. The molecule has 2 N–H and O–H groups in total. The maximum absolute atomic E-state index is 13.6. The van der Waals surface area contributed by atoms with Crippen LogP contribution in [0.15, 0.2) is 42.5 Å². The predicted molar refractivity (Wildman–Crippen MR) is 111 cm³/mol. The Bertz CT molecular complexity index is 871. The summed E-state index contributed by atoms with van der Waals surface area (Å²) in [5.74, 6) is 0. The van der Waals surface area contributed by atoms with Crippen molar-refractivity contribution in [1.82, 2.24) is 0 Å². The topological polar surface area (TPSA) is 49.6 Å². The SMILES string of the molecule is C[N+](C)(C)C(=O)N1c2ccccc2N2CCc3cccc(c32)C1CCCN. The fourth-order valence-corrected chi connectivity index (χ4v) is 4.35. The monoisotopic (exact) mass is 365 g/mol. The zero-order valence-corrected chi connectivity index (χ0v) is 16.5. The molecule has 0 bridgehead atoms. The van der Waals surface area contributed by atoms with Crippen LogP contribution in [0, 0.1) is 0 Å². The smallest absolute Gasteiger partial charge is 0.339 e. The molecule has 0 radical (unpaired) electrons. The minimum atomic E-state index is -0.00222. The molecular weight excluding hydrogens is 336 g/mol. The minimum absolute atomic E-state index is 0.00222. The van der Waals surface area contributed by atoms with Gasteiger partial charge in [0.1, 0.15) is 0 Å². The molecule has 27 heavy (non-hydrogen) atoms. The quantitative estimate of drug-likeness (QED) is 0.842. The highest BCUT2D eigenvalue weighted by Crippen LogP contribution is 2.50. The molecule has 2 heterocycles. The summed E-state index contributed by atoms with van der Waals surface area (Å²) in [6.07, 6.45) is 2.79. The molecule has 1 unspecified atom stereocenters. The van der Waals surface area contributed by atoms with E-state index in [1.54, 1.807) is 0 Å². The zero-order valence-electron chi connectivity index (χ0n) is 16.5. The lowest BCUT2D eigenvalue weighted by Gasteiger charge is -2.35. The molecule has 0 saturated carbocycles. The summed E-state index contributed by atoms with van der Waals surface area (Å²) in [4.78, 5) is 18.0. The van der Waals surface area contributed by atoms with Crippen molar-refractivity contribution in [3.8, 4) is 0 Å². The first-order valence-electron chi connectivity index (χ1n) is 9.77. The van der Waals surface area contributed by atoms with Gasteiger partial charge in [0.2, 0.25) is 0 Å². The summed E-state index contributed by atoms with van der Waals surface area (Å²) in [7, 11) is 5.82. The number of quaternary nitrogens is 1. The maximum Gasteiger partial charge on any atom is 0.423 e. The van der Waals surface area contributed by atoms with Crippen molar-refractivity contribution in [1.29, 1.82) is 0 Å². The molecule has 2 aliphatic heterocycles. The van der Waals surface area contributed by atoms with Crippen molar-refractivity contribution in [2.45, 2.75) is 25.3 Å². The number of rotatable bonds is 3. The second-order valence-electron chi connectivity index (χ2n) is 8.36. The number of benzene rings is 2. The summed E-state index contributed by atoms with van der Waals surface area (Å²) in [6.45, 7) is 1.59. The van der Waals surface area contributed by atoms with E-state index in [1.807, 2.05) is 32.1 Å². The van der Waals surface area contributed by atoms with Gasteiger partial charge >= 0.3 is 6.03 Å². The van der Waals surface area contributed by atoms with Gasteiger partial charge in [-0.3, -0.25) is 4.90 Å². The van der Waals surface area contributed by atoms with Crippen LogP contribution in [0.2, 0.25) is 0 Å². The van der Waals surface area contributed by atoms with E-state index in [4.69, 9.17) is 5.73 Å². The number of nitrogens with two attached hydrogens (primary N) is 1. The third-order valence-corrected chi connectivity index (χ3v) is 5.59. The highest BCUT2D eigenvalue weighted by atomic mass is 16.2. The standard InChI is InChI=1S/C22H29N4O/c1-26(2,3)22(27)25-18(12-7-14-23)17-9-6-8-16-13-15-24(21(16)17)19-10-4-5-11-20(19)25/h4-6,8-11,18H,7,12-15,23H2,1-3H3/q+1. The van der Waals surface area contributed by atoms with E-state index in [0.717, 1.165) is 37.2 Å². The second-order valence-corrected chi connectivity index (χ2v) is 8.36. The van der Waals surface area contributed by atoms with Gasteiger partial charge in [-0.25, -0.2) is 9.28 Å². The molecule has 2 amide bonds. The van der Waals surface area contributed by atoms with Crippen molar-refractivity contribution < 1.29 is 9.28 Å². The van der Waals surface area contributed by atoms with Crippen LogP contribution >= 0.6 is 0 Å². The van der Waals surface area contributed by atoms with E-state index in [2.05, 4.69) is 41.3 Å². The van der Waals surface area contributed by atoms with Gasteiger partial charge in [-0.1, -0.05) is 30.3 Å². The highest BCUT2D eigenvalue weighted by molar-refractivity contribution is 5.97. The molecular formula is C22H29N4O+. The first-order valence-corrected chi connectivity index (χ1v) is 9.77. The molecule has 5 heteroatoms. The minimum Gasteiger partial charge on any atom is -0.339 e. The van der Waals surface area contributed by atoms with E-state index >= 15 is 0 Å². The molecule has 0 aliphatic carbocycles. The molecule has 2 aliphatic rings. The Labute approximate surface area is 161 Å². The van der Waals surface area contributed by atoms with E-state index in [9.17, 15) is 4.79 Å². The first-order chi connectivity index (χ1) is 12.9. The van der Waals surface area contributed by atoms with Gasteiger partial charge in [-0.15, -0.1) is 0 Å². The third-order valence-electron chi connectivity index (χ3n) is 5.59. The number of para-hydroxylation sites is 3. The van der Waals surface area contributed by atoms with Crippen LogP contribution in [0.3, 0.4) is 0 Å². The second kappa shape index (κ2) is 6.66. The van der Waals surface area contributed by atoms with Gasteiger partial charge in [-0.2, -0.15) is 0 Å². The number of fused-ring (bicyclic) bond motifs is 2. The molecule has 1 atom stereocenters. The summed E-state index contributed by atoms with van der Waals surface area (Å²) in [5.41, 5.74) is 11.9. The molecule has 0 aromatic heterocycles. The number of hydrogen-bond acceptors (Lipinski definition) is 3. The van der Waals surface area contributed by atoms with E-state index in [1.165, 1.54) is 16.8 Å². The third kappa shape index (κ3) is 2.91. The largest absolute Gasteiger partial charge is 0.423 e. The number of nitrogens with zero attached hydrogens (tertiary/aromatic N) is 3. The molecule has 2 aromatic rings. The van der Waals surface area contributed by atoms with Crippen LogP contribution in [0.4, 0.5) is 21.9 Å². The number of carbonyl (C=O) groups is 1. The predicted octanol–water partition coefficient (Wildman–Crippen LogP) is 3.81. The number of carbonyl (C=O) groups excluding carboxylic acids is 1. The zero-order chi connectivity index (χ0) is 19.2. The average molecular weight is 366 g/mol. The molecule has 4 rings (SSSR count). The van der Waals surface area contributed by atoms with Gasteiger partial charge in [0.05, 0.1) is 38.6 Å². The van der Waals surface area contributed by atoms with Gasteiger partial charge in [-0.05, 0) is 49.1 Å². The van der Waals surface area contributed by atoms with Gasteiger partial charge in [0, 0.05) is 12.2 Å². The Hall–Kier alpha value is -2.37. The Balaban J connectivity index is 1.98. The Morgan fingerprint density at radius 3 is 2.56 bits per heavy atom. The van der Waals surface area contributed by atoms with Crippen molar-refractivity contribution >= 4 is 23.1 Å². The normalized spacial score (nSPS) is 18.1. The fraction of sp³-hybridized carbons (Fsp3) is 0.409. The van der Waals surface area contributed by atoms with Crippen molar-refractivity contribution in [2.75, 3.05) is 44.0 Å². The van der Waals surface area contributed by atoms with Crippen molar-refractivity contribution in [2.24, 2.45) is 5.73 Å². The molecule has 0 fully saturated rings. The van der Waals surface area contributed by atoms with Gasteiger partial charge < -0.3 is 10.6 Å². The first kappa shape index (κ1) is 18.0. The van der Waals surface area contributed by atoms with E-state index < -0.39 is 0 Å². The number of anilines is 3. The molecule has 0 saturated heterocycles. The van der Waals surface area contributed by atoms with Crippen LogP contribution in [0.25, 0.3) is 0 Å². The molecule has 2 aromatic carbocycles. The molecule has 5 nitrogen and oxygen atoms in total. The summed E-state index contributed by atoms with van der Waals surface area (Å²) >= 11 is 0. The van der Waals surface area contributed by atoms with Crippen LogP contribution < -0.4 is 15.5 Å². The van der Waals surface area contributed by atoms with Crippen LogP contribution in [0.5, 0.6) is 0 Å². The highest BCUT2D eigenvalue weighted by Gasteiger charge is 2.42. The van der Waals surface area contributed by atoms with Crippen LogP contribution in [-0.2, 0) is 6.42 Å². The summed E-state index contributed by atoms with van der Waals surface area (Å²) in [6, 6.07) is 15.0. The fourth-order valence-electron chi connectivity index (χ4n) is 4.35. The van der Waals surface area contributed by atoms with E-state index in [0.29, 0.717) is 6.54 Å².